The van der Waals surface area contributed by atoms with E-state index in [4.69, 9.17) is 16.7 Å². The summed E-state index contributed by atoms with van der Waals surface area (Å²) in [6.07, 6.45) is 3.93. The number of halogens is 1. The Balaban J connectivity index is 2.04. The van der Waals surface area contributed by atoms with Crippen LogP contribution in [0.2, 0.25) is 5.02 Å². The maximum Gasteiger partial charge on any atom is 0.306 e. The molecule has 1 fully saturated rings. The third kappa shape index (κ3) is 2.61. The number of rotatable bonds is 2. The first-order chi connectivity index (χ1) is 8.59. The van der Waals surface area contributed by atoms with Gasteiger partial charge in [0.2, 0.25) is 0 Å². The van der Waals surface area contributed by atoms with Gasteiger partial charge in [0.1, 0.15) is 0 Å². The Hall–Kier alpha value is -1.62. The van der Waals surface area contributed by atoms with Crippen LogP contribution in [0.3, 0.4) is 0 Å². The largest absolute Gasteiger partial charge is 0.481 e. The van der Waals surface area contributed by atoms with Crippen LogP contribution in [0.1, 0.15) is 23.2 Å². The molecule has 1 aromatic heterocycles. The smallest absolute Gasteiger partial charge is 0.306 e. The van der Waals surface area contributed by atoms with E-state index in [1.54, 1.807) is 11.0 Å². The number of pyridine rings is 1. The lowest BCUT2D eigenvalue weighted by Crippen LogP contribution is -2.40. The maximum absolute atomic E-state index is 12.2. The SMILES string of the molecule is O=C(O)C1CCN(C(=O)c2ccncc2Cl)CC1. The van der Waals surface area contributed by atoms with Crippen LogP contribution < -0.4 is 0 Å². The Morgan fingerprint density at radius 1 is 1.39 bits per heavy atom. The number of carboxylic acids is 1. The lowest BCUT2D eigenvalue weighted by Gasteiger charge is -2.30. The van der Waals surface area contributed by atoms with Crippen molar-refractivity contribution >= 4 is 23.5 Å². The van der Waals surface area contributed by atoms with Crippen molar-refractivity contribution in [3.8, 4) is 0 Å². The predicted octanol–water partition coefficient (Wildman–Crippen LogP) is 1.67. The van der Waals surface area contributed by atoms with E-state index in [1.807, 2.05) is 0 Å². The van der Waals surface area contributed by atoms with Gasteiger partial charge in [0.05, 0.1) is 16.5 Å². The van der Waals surface area contributed by atoms with Gasteiger partial charge in [-0.15, -0.1) is 0 Å². The number of aromatic nitrogens is 1. The predicted molar refractivity (Wildman–Crippen MR) is 65.5 cm³/mol. The number of aliphatic carboxylic acids is 1. The average Bonchev–Trinajstić information content (AvgIpc) is 2.38. The number of hydrogen-bond donors (Lipinski definition) is 1. The molecule has 1 aliphatic rings. The zero-order valence-electron chi connectivity index (χ0n) is 9.67. The van der Waals surface area contributed by atoms with E-state index < -0.39 is 5.97 Å². The fourth-order valence-electron chi connectivity index (χ4n) is 2.05. The van der Waals surface area contributed by atoms with Crippen LogP contribution in [0.25, 0.3) is 0 Å². The average molecular weight is 269 g/mol. The summed E-state index contributed by atoms with van der Waals surface area (Å²) in [5.74, 6) is -1.29. The molecule has 1 aliphatic heterocycles. The minimum atomic E-state index is -0.788. The molecule has 1 amide bonds. The van der Waals surface area contributed by atoms with E-state index in [9.17, 15) is 9.59 Å². The summed E-state index contributed by atoms with van der Waals surface area (Å²) in [6.45, 7) is 0.906. The molecule has 0 spiro atoms. The Morgan fingerprint density at radius 3 is 2.61 bits per heavy atom. The van der Waals surface area contributed by atoms with Gasteiger partial charge in [-0.2, -0.15) is 0 Å². The fraction of sp³-hybridized carbons (Fsp3) is 0.417. The molecule has 5 nitrogen and oxygen atoms in total. The monoisotopic (exact) mass is 268 g/mol. The normalized spacial score (nSPS) is 16.6. The highest BCUT2D eigenvalue weighted by atomic mass is 35.5. The van der Waals surface area contributed by atoms with Crippen molar-refractivity contribution in [2.24, 2.45) is 5.92 Å². The summed E-state index contributed by atoms with van der Waals surface area (Å²) < 4.78 is 0. The molecule has 2 heterocycles. The Labute approximate surface area is 109 Å². The van der Waals surface area contributed by atoms with E-state index >= 15 is 0 Å². The summed E-state index contributed by atoms with van der Waals surface area (Å²) in [5, 5.41) is 9.21. The molecule has 18 heavy (non-hydrogen) atoms. The van der Waals surface area contributed by atoms with Crippen LogP contribution in [0.15, 0.2) is 18.5 Å². The van der Waals surface area contributed by atoms with Gasteiger partial charge in [-0.25, -0.2) is 0 Å². The third-order valence-corrected chi connectivity index (χ3v) is 3.44. The summed E-state index contributed by atoms with van der Waals surface area (Å²) >= 11 is 5.91. The number of carbonyl (C=O) groups excluding carboxylic acids is 1. The molecule has 0 saturated carbocycles. The van der Waals surface area contributed by atoms with Crippen LogP contribution in [0.5, 0.6) is 0 Å². The van der Waals surface area contributed by atoms with Gasteiger partial charge in [-0.1, -0.05) is 11.6 Å². The molecular weight excluding hydrogens is 256 g/mol. The van der Waals surface area contributed by atoms with E-state index in [0.29, 0.717) is 36.5 Å². The van der Waals surface area contributed by atoms with E-state index in [1.165, 1.54) is 12.4 Å². The Kier molecular flexibility index (Phi) is 3.81. The van der Waals surface area contributed by atoms with E-state index in [2.05, 4.69) is 4.98 Å². The summed E-state index contributed by atoms with van der Waals surface area (Å²) in [6, 6.07) is 1.58. The molecule has 2 rings (SSSR count). The number of likely N-dealkylation sites (tertiary alicyclic amines) is 1. The van der Waals surface area contributed by atoms with Crippen molar-refractivity contribution < 1.29 is 14.7 Å². The molecular formula is C12H13ClN2O3. The van der Waals surface area contributed by atoms with E-state index in [-0.39, 0.29) is 11.8 Å². The minimum Gasteiger partial charge on any atom is -0.481 e. The highest BCUT2D eigenvalue weighted by Gasteiger charge is 2.28. The molecule has 1 saturated heterocycles. The molecule has 96 valence electrons. The molecule has 1 aromatic rings. The quantitative estimate of drug-likeness (QED) is 0.886. The van der Waals surface area contributed by atoms with Crippen molar-refractivity contribution in [1.29, 1.82) is 0 Å². The van der Waals surface area contributed by atoms with Gasteiger partial charge in [-0.05, 0) is 18.9 Å². The number of hydrogen-bond acceptors (Lipinski definition) is 3. The second kappa shape index (κ2) is 5.35. The molecule has 0 radical (unpaired) electrons. The van der Waals surface area contributed by atoms with Crippen LogP contribution in [-0.4, -0.2) is 40.0 Å². The van der Waals surface area contributed by atoms with Gasteiger partial charge < -0.3 is 10.0 Å². The van der Waals surface area contributed by atoms with Gasteiger partial charge >= 0.3 is 5.97 Å². The zero-order valence-corrected chi connectivity index (χ0v) is 10.4. The first kappa shape index (κ1) is 12.8. The van der Waals surface area contributed by atoms with Gasteiger partial charge in [0.25, 0.3) is 5.91 Å². The van der Waals surface area contributed by atoms with Crippen LogP contribution in [0.4, 0.5) is 0 Å². The topological polar surface area (TPSA) is 70.5 Å². The highest BCUT2D eigenvalue weighted by Crippen LogP contribution is 2.21. The molecule has 0 unspecified atom stereocenters. The lowest BCUT2D eigenvalue weighted by molar-refractivity contribution is -0.143. The number of nitrogens with zero attached hydrogens (tertiary/aromatic N) is 2. The first-order valence-corrected chi connectivity index (χ1v) is 6.09. The van der Waals surface area contributed by atoms with Gasteiger partial charge in [0.15, 0.2) is 0 Å². The number of carboxylic acid groups (broad SMARTS) is 1. The minimum absolute atomic E-state index is 0.161. The van der Waals surface area contributed by atoms with Crippen molar-refractivity contribution in [2.45, 2.75) is 12.8 Å². The molecule has 0 aromatic carbocycles. The fourth-order valence-corrected chi connectivity index (χ4v) is 2.25. The second-order valence-corrected chi connectivity index (χ2v) is 4.67. The second-order valence-electron chi connectivity index (χ2n) is 4.26. The van der Waals surface area contributed by atoms with Crippen molar-refractivity contribution in [3.63, 3.8) is 0 Å². The van der Waals surface area contributed by atoms with Crippen LogP contribution in [-0.2, 0) is 4.79 Å². The van der Waals surface area contributed by atoms with Crippen molar-refractivity contribution in [3.05, 3.63) is 29.0 Å². The standard InChI is InChI=1S/C12H13ClN2O3/c13-10-7-14-4-1-9(10)11(16)15-5-2-8(3-6-15)12(17)18/h1,4,7-8H,2-3,5-6H2,(H,17,18). The Bertz CT molecular complexity index is 470. The van der Waals surface area contributed by atoms with Crippen molar-refractivity contribution in [2.75, 3.05) is 13.1 Å². The number of amides is 1. The zero-order chi connectivity index (χ0) is 13.1. The third-order valence-electron chi connectivity index (χ3n) is 3.13. The lowest BCUT2D eigenvalue weighted by atomic mass is 9.97. The number of piperidine rings is 1. The van der Waals surface area contributed by atoms with E-state index in [0.717, 1.165) is 0 Å². The summed E-state index contributed by atoms with van der Waals surface area (Å²) in [4.78, 5) is 28.5. The molecule has 1 N–H and O–H groups in total. The molecule has 0 bridgehead atoms. The molecule has 6 heteroatoms. The first-order valence-electron chi connectivity index (χ1n) is 5.71. The molecule has 0 aliphatic carbocycles. The Morgan fingerprint density at radius 2 is 2.06 bits per heavy atom. The maximum atomic E-state index is 12.2. The van der Waals surface area contributed by atoms with Crippen LogP contribution in [0, 0.1) is 5.92 Å². The summed E-state index contributed by atoms with van der Waals surface area (Å²) in [7, 11) is 0. The number of carbonyl (C=O) groups is 2. The highest BCUT2D eigenvalue weighted by molar-refractivity contribution is 6.33. The molecule has 0 atom stereocenters. The summed E-state index contributed by atoms with van der Waals surface area (Å²) in [5.41, 5.74) is 0.417. The van der Waals surface area contributed by atoms with Gasteiger partial charge in [0, 0.05) is 25.5 Å². The van der Waals surface area contributed by atoms with Crippen molar-refractivity contribution in [1.82, 2.24) is 9.88 Å². The van der Waals surface area contributed by atoms with Gasteiger partial charge in [-0.3, -0.25) is 14.6 Å². The van der Waals surface area contributed by atoms with Crippen LogP contribution >= 0.6 is 11.6 Å².